The van der Waals surface area contributed by atoms with E-state index in [2.05, 4.69) is 4.98 Å². The molecule has 0 radical (unpaired) electrons. The molecule has 1 aromatic carbocycles. The maximum Gasteiger partial charge on any atom is 0.338 e. The highest BCUT2D eigenvalue weighted by Crippen LogP contribution is 2.39. The summed E-state index contributed by atoms with van der Waals surface area (Å²) in [5.41, 5.74) is -0.688. The number of hydrogen-bond acceptors (Lipinski definition) is 9. The average Bonchev–Trinajstić information content (AvgIpc) is 3.01. The number of carbonyl (C=O) groups is 4. The molecule has 1 atom stereocenters. The van der Waals surface area contributed by atoms with Crippen LogP contribution in [0.4, 0.5) is 11.4 Å². The first-order valence-electron chi connectivity index (χ1n) is 9.39. The normalized spacial score (nSPS) is 15.0. The Balaban J connectivity index is 0.000000890. The molecule has 1 unspecified atom stereocenters. The quantitative estimate of drug-likeness (QED) is 0.340. The zero-order valence-corrected chi connectivity index (χ0v) is 18.3. The molecule has 12 nitrogen and oxygen atoms in total. The van der Waals surface area contributed by atoms with Crippen LogP contribution in [-0.2, 0) is 14.4 Å². The van der Waals surface area contributed by atoms with Gasteiger partial charge in [0.25, 0.3) is 11.7 Å². The number of imide groups is 1. The topological polar surface area (TPSA) is 177 Å². The molecule has 1 aliphatic rings. The van der Waals surface area contributed by atoms with Crippen LogP contribution in [0.1, 0.15) is 30.6 Å². The Kier molecular flexibility index (Phi) is 8.45. The lowest BCUT2D eigenvalue weighted by Crippen LogP contribution is -2.31. The number of nitrogens with zero attached hydrogens (tertiary/aromatic N) is 3. The minimum atomic E-state index is -1.21. The van der Waals surface area contributed by atoms with Crippen molar-refractivity contribution in [3.05, 3.63) is 52.2 Å². The van der Waals surface area contributed by atoms with E-state index >= 15 is 0 Å². The van der Waals surface area contributed by atoms with Crippen molar-refractivity contribution in [2.45, 2.75) is 30.5 Å². The predicted octanol–water partition coefficient (Wildman–Crippen LogP) is 2.60. The highest BCUT2D eigenvalue weighted by Gasteiger charge is 2.43. The van der Waals surface area contributed by atoms with E-state index in [-0.39, 0.29) is 28.4 Å². The molecule has 2 heterocycles. The Morgan fingerprint density at radius 2 is 1.97 bits per heavy atom. The highest BCUT2D eigenvalue weighted by atomic mass is 32.2. The highest BCUT2D eigenvalue weighted by molar-refractivity contribution is 8.00. The Morgan fingerprint density at radius 1 is 1.30 bits per heavy atom. The Morgan fingerprint density at radius 3 is 2.55 bits per heavy atom. The number of aliphatic carboxylic acids is 1. The number of rotatable bonds is 7. The largest absolute Gasteiger partial charge is 0.494 e. The molecule has 0 aliphatic carbocycles. The number of anilines is 1. The van der Waals surface area contributed by atoms with Crippen LogP contribution in [0.5, 0.6) is 5.75 Å². The molecule has 1 saturated heterocycles. The van der Waals surface area contributed by atoms with E-state index in [1.807, 2.05) is 0 Å². The molecule has 0 saturated carbocycles. The van der Waals surface area contributed by atoms with Crippen LogP contribution in [0.15, 0.2) is 41.6 Å². The molecule has 2 aromatic rings. The fourth-order valence-electron chi connectivity index (χ4n) is 2.83. The summed E-state index contributed by atoms with van der Waals surface area (Å²) < 4.78 is 5.24. The molecule has 174 valence electrons. The number of aromatic carboxylic acids is 1. The third kappa shape index (κ3) is 6.26. The van der Waals surface area contributed by atoms with Gasteiger partial charge in [-0.25, -0.2) is 14.7 Å². The predicted molar refractivity (Wildman–Crippen MR) is 116 cm³/mol. The number of thioether (sulfide) groups is 1. The van der Waals surface area contributed by atoms with E-state index in [1.165, 1.54) is 30.5 Å². The standard InChI is InChI=1S/C18H15N3O7S.C2H4O2/c1-2-28-10-5-6-12(13(8-10)21(26)27)20-15(22)9-14(17(20)23)29-16-11(18(24)25)4-3-7-19-16;1-2(3)4/h3-8,14H,2,9H2,1H3,(H,24,25);1H3,(H,3,4). The minimum absolute atomic E-state index is 0.0918. The van der Waals surface area contributed by atoms with E-state index in [1.54, 1.807) is 6.92 Å². The number of nitro groups is 1. The van der Waals surface area contributed by atoms with Crippen LogP contribution < -0.4 is 9.64 Å². The van der Waals surface area contributed by atoms with Gasteiger partial charge in [0, 0.05) is 19.5 Å². The second-order valence-electron chi connectivity index (χ2n) is 6.40. The lowest BCUT2D eigenvalue weighted by Gasteiger charge is -2.16. The lowest BCUT2D eigenvalue weighted by atomic mass is 10.2. The molecule has 33 heavy (non-hydrogen) atoms. The van der Waals surface area contributed by atoms with Gasteiger partial charge < -0.3 is 14.9 Å². The van der Waals surface area contributed by atoms with Crippen molar-refractivity contribution in [1.29, 1.82) is 0 Å². The number of carbonyl (C=O) groups excluding carboxylic acids is 2. The monoisotopic (exact) mass is 477 g/mol. The van der Waals surface area contributed by atoms with Crippen molar-refractivity contribution < 1.29 is 39.1 Å². The first-order valence-corrected chi connectivity index (χ1v) is 10.3. The average molecular weight is 477 g/mol. The molecule has 1 aromatic heterocycles. The molecule has 0 spiro atoms. The maximum atomic E-state index is 12.8. The number of amides is 2. The number of ether oxygens (including phenoxy) is 1. The summed E-state index contributed by atoms with van der Waals surface area (Å²) in [7, 11) is 0. The minimum Gasteiger partial charge on any atom is -0.494 e. The molecule has 3 rings (SSSR count). The van der Waals surface area contributed by atoms with Gasteiger partial charge in [0.2, 0.25) is 11.8 Å². The summed E-state index contributed by atoms with van der Waals surface area (Å²) in [4.78, 5) is 61.2. The summed E-state index contributed by atoms with van der Waals surface area (Å²) in [6.07, 6.45) is 1.15. The summed E-state index contributed by atoms with van der Waals surface area (Å²) in [6.45, 7) is 3.10. The number of nitro benzene ring substituents is 1. The Hall–Kier alpha value is -4.00. The first kappa shape index (κ1) is 25.3. The summed E-state index contributed by atoms with van der Waals surface area (Å²) in [6, 6.07) is 6.67. The van der Waals surface area contributed by atoms with Crippen LogP contribution in [0, 0.1) is 10.1 Å². The van der Waals surface area contributed by atoms with E-state index in [0.29, 0.717) is 6.61 Å². The van der Waals surface area contributed by atoms with Crippen molar-refractivity contribution in [1.82, 2.24) is 4.98 Å². The van der Waals surface area contributed by atoms with Gasteiger partial charge in [0.1, 0.15) is 16.5 Å². The second-order valence-corrected chi connectivity index (χ2v) is 7.59. The molecular weight excluding hydrogens is 458 g/mol. The van der Waals surface area contributed by atoms with Crippen LogP contribution in [0.2, 0.25) is 0 Å². The van der Waals surface area contributed by atoms with Crippen molar-refractivity contribution in [3.8, 4) is 5.75 Å². The van der Waals surface area contributed by atoms with Crippen molar-refractivity contribution in [2.75, 3.05) is 11.5 Å². The van der Waals surface area contributed by atoms with Gasteiger partial charge in [-0.2, -0.15) is 0 Å². The van der Waals surface area contributed by atoms with Crippen LogP contribution in [0.3, 0.4) is 0 Å². The molecule has 1 fully saturated rings. The number of carboxylic acid groups (broad SMARTS) is 2. The van der Waals surface area contributed by atoms with Crippen LogP contribution in [-0.4, -0.2) is 55.7 Å². The van der Waals surface area contributed by atoms with Gasteiger partial charge in [-0.05, 0) is 31.2 Å². The summed E-state index contributed by atoms with van der Waals surface area (Å²) in [5.74, 6) is -3.09. The van der Waals surface area contributed by atoms with Crippen LogP contribution in [0.25, 0.3) is 0 Å². The van der Waals surface area contributed by atoms with Crippen LogP contribution >= 0.6 is 11.8 Å². The Labute approximate surface area is 191 Å². The number of carboxylic acids is 2. The van der Waals surface area contributed by atoms with E-state index < -0.39 is 39.6 Å². The molecule has 13 heteroatoms. The fourth-order valence-corrected chi connectivity index (χ4v) is 3.93. The lowest BCUT2D eigenvalue weighted by molar-refractivity contribution is -0.384. The number of pyridine rings is 1. The SMILES string of the molecule is CC(=O)O.CCOc1ccc(N2C(=O)CC(Sc3ncccc3C(=O)O)C2=O)c([N+](=O)[O-])c1. The first-order chi connectivity index (χ1) is 15.6. The van der Waals surface area contributed by atoms with Gasteiger partial charge in [-0.15, -0.1) is 0 Å². The Bertz CT molecular complexity index is 1100. The third-order valence-corrected chi connectivity index (χ3v) is 5.26. The molecule has 2 N–H and O–H groups in total. The molecule has 0 bridgehead atoms. The summed E-state index contributed by atoms with van der Waals surface area (Å²) >= 11 is 0.843. The second kappa shape index (κ2) is 11.0. The van der Waals surface area contributed by atoms with Gasteiger partial charge in [-0.1, -0.05) is 11.8 Å². The van der Waals surface area contributed by atoms with Gasteiger partial charge in [0.05, 0.1) is 28.4 Å². The summed E-state index contributed by atoms with van der Waals surface area (Å²) in [5, 5.41) is 27.3. The molecule has 1 aliphatic heterocycles. The molecule has 2 amide bonds. The smallest absolute Gasteiger partial charge is 0.338 e. The maximum absolute atomic E-state index is 12.8. The van der Waals surface area contributed by atoms with E-state index in [4.69, 9.17) is 14.6 Å². The zero-order valence-electron chi connectivity index (χ0n) is 17.5. The van der Waals surface area contributed by atoms with Gasteiger partial charge in [-0.3, -0.25) is 24.5 Å². The third-order valence-electron chi connectivity index (χ3n) is 4.06. The fraction of sp³-hybridized carbons (Fsp3) is 0.250. The van der Waals surface area contributed by atoms with Crippen molar-refractivity contribution in [2.24, 2.45) is 0 Å². The molecular formula is C20H19N3O9S. The number of hydrogen-bond donors (Lipinski definition) is 2. The van der Waals surface area contributed by atoms with Gasteiger partial charge in [0.15, 0.2) is 0 Å². The van der Waals surface area contributed by atoms with E-state index in [9.17, 15) is 29.6 Å². The van der Waals surface area contributed by atoms with E-state index in [0.717, 1.165) is 29.7 Å². The van der Waals surface area contributed by atoms with Gasteiger partial charge >= 0.3 is 5.97 Å². The number of aromatic nitrogens is 1. The van der Waals surface area contributed by atoms with Crippen molar-refractivity contribution in [3.63, 3.8) is 0 Å². The number of benzene rings is 1. The zero-order chi connectivity index (χ0) is 24.7. The van der Waals surface area contributed by atoms with Crippen molar-refractivity contribution >= 4 is 46.9 Å².